The zero-order valence-electron chi connectivity index (χ0n) is 20.0. The highest BCUT2D eigenvalue weighted by Crippen LogP contribution is 2.31. The van der Waals surface area contributed by atoms with E-state index in [9.17, 15) is 14.9 Å². The summed E-state index contributed by atoms with van der Waals surface area (Å²) in [5.41, 5.74) is 2.25. The molecule has 36 heavy (non-hydrogen) atoms. The molecular weight excluding hydrogens is 524 g/mol. The number of methoxy groups -OCH3 is 2. The summed E-state index contributed by atoms with van der Waals surface area (Å²) in [4.78, 5) is 27.4. The Morgan fingerprint density at radius 2 is 1.72 bits per heavy atom. The summed E-state index contributed by atoms with van der Waals surface area (Å²) >= 11 is 3.41. The number of amides is 2. The van der Waals surface area contributed by atoms with E-state index in [4.69, 9.17) is 13.9 Å². The van der Waals surface area contributed by atoms with Crippen LogP contribution in [0.1, 0.15) is 18.2 Å². The monoisotopic (exact) mass is 546 g/mol. The van der Waals surface area contributed by atoms with Crippen LogP contribution in [0.2, 0.25) is 0 Å². The Labute approximate surface area is 217 Å². The van der Waals surface area contributed by atoms with Gasteiger partial charge in [-0.1, -0.05) is 34.1 Å². The molecule has 2 amide bonds. The van der Waals surface area contributed by atoms with Gasteiger partial charge in [-0.15, -0.1) is 0 Å². The van der Waals surface area contributed by atoms with Crippen molar-refractivity contribution in [1.82, 2.24) is 4.90 Å². The summed E-state index contributed by atoms with van der Waals surface area (Å²) < 4.78 is 17.5. The number of benzene rings is 2. The van der Waals surface area contributed by atoms with Gasteiger partial charge in [0.15, 0.2) is 11.5 Å². The van der Waals surface area contributed by atoms with Crippen molar-refractivity contribution >= 4 is 33.8 Å². The molecule has 0 N–H and O–H groups in total. The maximum absolute atomic E-state index is 13.4. The van der Waals surface area contributed by atoms with E-state index in [2.05, 4.69) is 15.9 Å². The SMILES string of the molecule is COc1ccc(CCN2C(=O)C(C#N)=C(C)/C(=C\c3ccc(-c4ccc(Br)cc4)o3)C2=O)cc1OC. The second-order valence-corrected chi connectivity index (χ2v) is 9.00. The van der Waals surface area contributed by atoms with Gasteiger partial charge in [0, 0.05) is 22.2 Å². The molecule has 1 aromatic heterocycles. The van der Waals surface area contributed by atoms with Crippen molar-refractivity contribution in [3.05, 3.63) is 87.1 Å². The first-order chi connectivity index (χ1) is 17.4. The topological polar surface area (TPSA) is 92.8 Å². The maximum atomic E-state index is 13.4. The standard InChI is InChI=1S/C28H23BrN2O5/c1-17-22(15-21-9-11-24(36-21)19-5-7-20(29)8-6-19)27(32)31(28(33)23(17)16-30)13-12-18-4-10-25(34-2)26(14-18)35-3/h4-11,14-15H,12-13H2,1-3H3/b22-15+. The molecule has 0 saturated heterocycles. The Morgan fingerprint density at radius 1 is 1.00 bits per heavy atom. The molecule has 2 heterocycles. The first kappa shape index (κ1) is 25.0. The van der Waals surface area contributed by atoms with Crippen molar-refractivity contribution in [2.75, 3.05) is 20.8 Å². The van der Waals surface area contributed by atoms with Gasteiger partial charge in [-0.2, -0.15) is 5.26 Å². The van der Waals surface area contributed by atoms with E-state index in [1.807, 2.05) is 42.5 Å². The van der Waals surface area contributed by atoms with E-state index in [0.717, 1.165) is 20.5 Å². The number of imide groups is 1. The van der Waals surface area contributed by atoms with E-state index in [0.29, 0.717) is 35.0 Å². The molecule has 0 fully saturated rings. The molecule has 8 heteroatoms. The van der Waals surface area contributed by atoms with Gasteiger partial charge >= 0.3 is 0 Å². The molecule has 2 aromatic carbocycles. The van der Waals surface area contributed by atoms with Crippen LogP contribution in [0.5, 0.6) is 11.5 Å². The molecule has 0 atom stereocenters. The molecule has 1 aliphatic rings. The Hall–Kier alpha value is -4.09. The fourth-order valence-electron chi connectivity index (χ4n) is 3.95. The van der Waals surface area contributed by atoms with E-state index < -0.39 is 11.8 Å². The number of nitriles is 1. The Balaban J connectivity index is 1.61. The van der Waals surface area contributed by atoms with Crippen LogP contribution in [0.25, 0.3) is 17.4 Å². The highest BCUT2D eigenvalue weighted by Gasteiger charge is 2.35. The van der Waals surface area contributed by atoms with Crippen molar-refractivity contribution in [1.29, 1.82) is 5.26 Å². The van der Waals surface area contributed by atoms with Gasteiger partial charge in [0.1, 0.15) is 23.2 Å². The third-order valence-corrected chi connectivity index (χ3v) is 6.47. The minimum atomic E-state index is -0.604. The summed E-state index contributed by atoms with van der Waals surface area (Å²) in [6, 6.07) is 18.6. The van der Waals surface area contributed by atoms with Crippen LogP contribution < -0.4 is 9.47 Å². The van der Waals surface area contributed by atoms with Crippen molar-refractivity contribution in [3.8, 4) is 28.9 Å². The summed E-state index contributed by atoms with van der Waals surface area (Å²) in [6.45, 7) is 1.70. The summed E-state index contributed by atoms with van der Waals surface area (Å²) in [6.07, 6.45) is 1.96. The number of hydrogen-bond donors (Lipinski definition) is 0. The Bertz CT molecular complexity index is 1430. The lowest BCUT2D eigenvalue weighted by molar-refractivity contribution is -0.140. The molecule has 0 aliphatic carbocycles. The predicted octanol–water partition coefficient (Wildman–Crippen LogP) is 5.56. The van der Waals surface area contributed by atoms with Crippen LogP contribution in [0.4, 0.5) is 0 Å². The molecule has 7 nitrogen and oxygen atoms in total. The van der Waals surface area contributed by atoms with E-state index >= 15 is 0 Å². The average molecular weight is 547 g/mol. The van der Waals surface area contributed by atoms with Crippen molar-refractivity contribution < 1.29 is 23.5 Å². The molecule has 0 saturated carbocycles. The lowest BCUT2D eigenvalue weighted by Gasteiger charge is -2.27. The molecular formula is C28H23BrN2O5. The van der Waals surface area contributed by atoms with Crippen LogP contribution in [0.15, 0.2) is 80.2 Å². The van der Waals surface area contributed by atoms with E-state index in [1.54, 1.807) is 45.4 Å². The van der Waals surface area contributed by atoms with Gasteiger partial charge in [-0.25, -0.2) is 0 Å². The van der Waals surface area contributed by atoms with Crippen LogP contribution in [0.3, 0.4) is 0 Å². The van der Waals surface area contributed by atoms with Gasteiger partial charge < -0.3 is 13.9 Å². The molecule has 0 radical (unpaired) electrons. The third-order valence-electron chi connectivity index (χ3n) is 5.94. The second kappa shape index (κ2) is 10.7. The normalized spacial score (nSPS) is 14.9. The van der Waals surface area contributed by atoms with Crippen LogP contribution in [-0.4, -0.2) is 37.5 Å². The van der Waals surface area contributed by atoms with Crippen LogP contribution in [-0.2, 0) is 16.0 Å². The molecule has 1 aliphatic heterocycles. The molecule has 4 rings (SSSR count). The van der Waals surface area contributed by atoms with Crippen molar-refractivity contribution in [2.24, 2.45) is 0 Å². The molecule has 0 unspecified atom stereocenters. The number of carbonyl (C=O) groups excluding carboxylic acids is 2. The number of halogens is 1. The average Bonchev–Trinajstić information content (AvgIpc) is 3.35. The minimum Gasteiger partial charge on any atom is -0.493 e. The lowest BCUT2D eigenvalue weighted by Crippen LogP contribution is -2.43. The quantitative estimate of drug-likeness (QED) is 0.284. The van der Waals surface area contributed by atoms with Gasteiger partial charge in [0.2, 0.25) is 0 Å². The third kappa shape index (κ3) is 4.97. The highest BCUT2D eigenvalue weighted by atomic mass is 79.9. The number of rotatable bonds is 7. The predicted molar refractivity (Wildman–Crippen MR) is 138 cm³/mol. The Morgan fingerprint density at radius 3 is 2.39 bits per heavy atom. The van der Waals surface area contributed by atoms with E-state index in [1.165, 1.54) is 0 Å². The maximum Gasteiger partial charge on any atom is 0.271 e. The minimum absolute atomic E-state index is 0.0622. The summed E-state index contributed by atoms with van der Waals surface area (Å²) in [5.74, 6) is 1.15. The number of carbonyl (C=O) groups is 2. The number of hydrogen-bond acceptors (Lipinski definition) is 6. The molecule has 0 spiro atoms. The Kier molecular flexibility index (Phi) is 7.41. The van der Waals surface area contributed by atoms with Gasteiger partial charge in [-0.05, 0) is 67.0 Å². The van der Waals surface area contributed by atoms with Gasteiger partial charge in [0.05, 0.1) is 14.2 Å². The number of furan rings is 1. The van der Waals surface area contributed by atoms with E-state index in [-0.39, 0.29) is 17.7 Å². The first-order valence-corrected chi connectivity index (χ1v) is 11.9. The second-order valence-electron chi connectivity index (χ2n) is 8.08. The fourth-order valence-corrected chi connectivity index (χ4v) is 4.22. The van der Waals surface area contributed by atoms with Gasteiger partial charge in [-0.3, -0.25) is 14.5 Å². The van der Waals surface area contributed by atoms with Crippen molar-refractivity contribution in [3.63, 3.8) is 0 Å². The number of ether oxygens (including phenoxy) is 2. The molecule has 0 bridgehead atoms. The molecule has 3 aromatic rings. The lowest BCUT2D eigenvalue weighted by atomic mass is 9.94. The van der Waals surface area contributed by atoms with Crippen LogP contribution >= 0.6 is 15.9 Å². The zero-order valence-corrected chi connectivity index (χ0v) is 21.6. The summed E-state index contributed by atoms with van der Waals surface area (Å²) in [7, 11) is 3.09. The van der Waals surface area contributed by atoms with Crippen molar-refractivity contribution in [2.45, 2.75) is 13.3 Å². The van der Waals surface area contributed by atoms with Gasteiger partial charge in [0.25, 0.3) is 11.8 Å². The smallest absolute Gasteiger partial charge is 0.271 e. The fraction of sp³-hybridized carbons (Fsp3) is 0.179. The number of nitrogens with zero attached hydrogens (tertiary/aromatic N) is 2. The largest absolute Gasteiger partial charge is 0.493 e. The highest BCUT2D eigenvalue weighted by molar-refractivity contribution is 9.10. The molecule has 182 valence electrons. The van der Waals surface area contributed by atoms with Crippen LogP contribution in [0, 0.1) is 11.3 Å². The summed E-state index contributed by atoms with van der Waals surface area (Å²) in [5, 5.41) is 9.65. The first-order valence-electron chi connectivity index (χ1n) is 11.1. The zero-order chi connectivity index (χ0) is 25.8.